The van der Waals surface area contributed by atoms with Crippen LogP contribution in [0.4, 0.5) is 5.69 Å². The summed E-state index contributed by atoms with van der Waals surface area (Å²) in [6.07, 6.45) is 3.81. The van der Waals surface area contributed by atoms with Crippen molar-refractivity contribution in [3.63, 3.8) is 0 Å². The largest absolute Gasteiger partial charge is 0.380 e. The van der Waals surface area contributed by atoms with Gasteiger partial charge in [0.15, 0.2) is 0 Å². The van der Waals surface area contributed by atoms with Gasteiger partial charge in [-0.3, -0.25) is 0 Å². The average molecular weight is 308 g/mol. The Kier molecular flexibility index (Phi) is 4.22. The van der Waals surface area contributed by atoms with Crippen LogP contribution >= 0.6 is 11.3 Å². The molecule has 0 aliphatic heterocycles. The number of nitriles is 1. The van der Waals surface area contributed by atoms with E-state index >= 15 is 0 Å². The molecule has 0 bridgehead atoms. The van der Waals surface area contributed by atoms with Crippen LogP contribution in [0.25, 0.3) is 0 Å². The van der Waals surface area contributed by atoms with E-state index in [9.17, 15) is 0 Å². The minimum Gasteiger partial charge on any atom is -0.380 e. The third-order valence-corrected chi connectivity index (χ3v) is 4.42. The van der Waals surface area contributed by atoms with Gasteiger partial charge in [-0.2, -0.15) is 5.26 Å². The monoisotopic (exact) mass is 308 g/mol. The van der Waals surface area contributed by atoms with Gasteiger partial charge in [0.1, 0.15) is 11.9 Å². The van der Waals surface area contributed by atoms with Crippen LogP contribution in [0.5, 0.6) is 0 Å². The van der Waals surface area contributed by atoms with E-state index in [-0.39, 0.29) is 0 Å². The Bertz CT molecular complexity index is 793. The Morgan fingerprint density at radius 2 is 2.14 bits per heavy atom. The first-order valence-corrected chi connectivity index (χ1v) is 7.90. The van der Waals surface area contributed by atoms with Crippen molar-refractivity contribution in [2.75, 3.05) is 5.32 Å². The second-order valence-corrected chi connectivity index (χ2v) is 6.06. The van der Waals surface area contributed by atoms with Gasteiger partial charge in [-0.15, -0.1) is 11.3 Å². The second kappa shape index (κ2) is 6.46. The molecule has 0 saturated carbocycles. The van der Waals surface area contributed by atoms with Crippen LogP contribution in [-0.2, 0) is 13.1 Å². The molecular formula is C17H16N4S. The number of hydrogen-bond donors (Lipinski definition) is 1. The van der Waals surface area contributed by atoms with Crippen molar-refractivity contribution in [1.29, 1.82) is 5.26 Å². The summed E-state index contributed by atoms with van der Waals surface area (Å²) in [6, 6.07) is 12.5. The van der Waals surface area contributed by atoms with Gasteiger partial charge >= 0.3 is 0 Å². The fourth-order valence-corrected chi connectivity index (χ4v) is 2.97. The zero-order valence-electron chi connectivity index (χ0n) is 12.3. The van der Waals surface area contributed by atoms with Crippen LogP contribution in [0, 0.1) is 18.3 Å². The number of rotatable bonds is 5. The van der Waals surface area contributed by atoms with Gasteiger partial charge in [0, 0.05) is 41.4 Å². The molecule has 5 heteroatoms. The molecule has 3 aromatic rings. The zero-order valence-corrected chi connectivity index (χ0v) is 13.1. The summed E-state index contributed by atoms with van der Waals surface area (Å²) < 4.78 is 2.12. The number of nitrogens with zero attached hydrogens (tertiary/aromatic N) is 3. The third-order valence-electron chi connectivity index (χ3n) is 3.48. The Hall–Kier alpha value is -2.58. The molecule has 1 aromatic carbocycles. The lowest BCUT2D eigenvalue weighted by atomic mass is 10.2. The van der Waals surface area contributed by atoms with Crippen LogP contribution in [0.2, 0.25) is 0 Å². The Labute approximate surface area is 133 Å². The zero-order chi connectivity index (χ0) is 15.4. The maximum atomic E-state index is 8.82. The fraction of sp³-hybridized carbons (Fsp3) is 0.176. The van der Waals surface area contributed by atoms with Crippen LogP contribution < -0.4 is 5.32 Å². The first-order chi connectivity index (χ1) is 10.7. The molecule has 3 rings (SSSR count). The molecule has 2 heterocycles. The average Bonchev–Trinajstić information content (AvgIpc) is 3.16. The minimum absolute atomic E-state index is 0.729. The van der Waals surface area contributed by atoms with Crippen LogP contribution in [-0.4, -0.2) is 9.55 Å². The summed E-state index contributed by atoms with van der Waals surface area (Å²) in [4.78, 5) is 5.39. The Balaban J connectivity index is 1.59. The molecule has 0 unspecified atom stereocenters. The molecular weight excluding hydrogens is 292 g/mol. The molecule has 0 amide bonds. The summed E-state index contributed by atoms with van der Waals surface area (Å²) in [5.41, 5.74) is 3.06. The summed E-state index contributed by atoms with van der Waals surface area (Å²) in [6.45, 7) is 3.58. The lowest BCUT2D eigenvalue weighted by Gasteiger charge is -2.08. The van der Waals surface area contributed by atoms with Crippen LogP contribution in [0.15, 0.2) is 48.1 Å². The predicted octanol–water partition coefficient (Wildman–Crippen LogP) is 3.79. The van der Waals surface area contributed by atoms with Crippen molar-refractivity contribution in [1.82, 2.24) is 9.55 Å². The predicted molar refractivity (Wildman–Crippen MR) is 88.9 cm³/mol. The fourth-order valence-electron chi connectivity index (χ4n) is 2.22. The topological polar surface area (TPSA) is 53.6 Å². The van der Waals surface area contributed by atoms with Crippen LogP contribution in [0.1, 0.15) is 21.8 Å². The highest BCUT2D eigenvalue weighted by atomic mass is 32.1. The molecule has 110 valence electrons. The first kappa shape index (κ1) is 14.4. The standard InChI is InChI=1S/C17H16N4S/c1-13-19-6-7-21(13)11-14-2-4-16(5-3-14)20-10-17-8-15(9-18)12-22-17/h2-8,12,20H,10-11H2,1H3. The number of benzene rings is 1. The smallest absolute Gasteiger partial charge is 0.105 e. The van der Waals surface area contributed by atoms with E-state index in [0.29, 0.717) is 0 Å². The van der Waals surface area contributed by atoms with Gasteiger partial charge in [0.05, 0.1) is 5.56 Å². The van der Waals surface area contributed by atoms with Crippen molar-refractivity contribution < 1.29 is 0 Å². The molecule has 0 atom stereocenters. The van der Waals surface area contributed by atoms with Gasteiger partial charge in [-0.05, 0) is 30.7 Å². The lowest BCUT2D eigenvalue weighted by molar-refractivity contribution is 0.762. The first-order valence-electron chi connectivity index (χ1n) is 7.02. The van der Waals surface area contributed by atoms with E-state index in [4.69, 9.17) is 5.26 Å². The van der Waals surface area contributed by atoms with Gasteiger partial charge in [-0.1, -0.05) is 12.1 Å². The molecule has 0 aliphatic rings. The van der Waals surface area contributed by atoms with Crippen LogP contribution in [0.3, 0.4) is 0 Å². The molecule has 0 saturated heterocycles. The molecule has 2 aromatic heterocycles. The summed E-state index contributed by atoms with van der Waals surface area (Å²) >= 11 is 1.61. The van der Waals surface area contributed by atoms with Crippen molar-refractivity contribution in [3.8, 4) is 6.07 Å². The highest BCUT2D eigenvalue weighted by Crippen LogP contribution is 2.17. The maximum absolute atomic E-state index is 8.82. The van der Waals surface area contributed by atoms with Gasteiger partial charge in [-0.25, -0.2) is 4.98 Å². The van der Waals surface area contributed by atoms with E-state index in [1.807, 2.05) is 30.8 Å². The van der Waals surface area contributed by atoms with Gasteiger partial charge in [0.2, 0.25) is 0 Å². The molecule has 0 aliphatic carbocycles. The number of hydrogen-bond acceptors (Lipinski definition) is 4. The van der Waals surface area contributed by atoms with E-state index < -0.39 is 0 Å². The number of aryl methyl sites for hydroxylation is 1. The third kappa shape index (κ3) is 3.35. The number of nitrogens with one attached hydrogen (secondary N) is 1. The number of imidazole rings is 1. The summed E-state index contributed by atoms with van der Waals surface area (Å²) in [5, 5.41) is 14.1. The van der Waals surface area contributed by atoms with E-state index in [1.54, 1.807) is 11.3 Å². The van der Waals surface area contributed by atoms with Gasteiger partial charge < -0.3 is 9.88 Å². The van der Waals surface area contributed by atoms with Gasteiger partial charge in [0.25, 0.3) is 0 Å². The van der Waals surface area contributed by atoms with Crippen molar-refractivity contribution >= 4 is 17.0 Å². The van der Waals surface area contributed by atoms with Crippen molar-refractivity contribution in [2.24, 2.45) is 0 Å². The highest BCUT2D eigenvalue weighted by molar-refractivity contribution is 7.10. The Morgan fingerprint density at radius 1 is 1.32 bits per heavy atom. The SMILES string of the molecule is Cc1nccn1Cc1ccc(NCc2cc(C#N)cs2)cc1. The minimum atomic E-state index is 0.729. The summed E-state index contributed by atoms with van der Waals surface area (Å²) in [7, 11) is 0. The van der Waals surface area contributed by atoms with E-state index in [1.165, 1.54) is 5.56 Å². The van der Waals surface area contributed by atoms with E-state index in [0.717, 1.165) is 35.0 Å². The van der Waals surface area contributed by atoms with Crippen molar-refractivity contribution in [2.45, 2.75) is 20.0 Å². The maximum Gasteiger partial charge on any atom is 0.105 e. The normalized spacial score (nSPS) is 10.4. The molecule has 22 heavy (non-hydrogen) atoms. The van der Waals surface area contributed by atoms with Crippen molar-refractivity contribution in [3.05, 3.63) is 69.9 Å². The highest BCUT2D eigenvalue weighted by Gasteiger charge is 2.01. The molecule has 0 fully saturated rings. The lowest BCUT2D eigenvalue weighted by Crippen LogP contribution is -2.01. The molecule has 4 nitrogen and oxygen atoms in total. The second-order valence-electron chi connectivity index (χ2n) is 5.07. The summed E-state index contributed by atoms with van der Waals surface area (Å²) in [5.74, 6) is 1.02. The molecule has 0 radical (unpaired) electrons. The number of aromatic nitrogens is 2. The molecule has 1 N–H and O–H groups in total. The Morgan fingerprint density at radius 3 is 2.77 bits per heavy atom. The molecule has 0 spiro atoms. The quantitative estimate of drug-likeness (QED) is 0.780. The number of thiophene rings is 1. The number of anilines is 1. The van der Waals surface area contributed by atoms with E-state index in [2.05, 4.69) is 45.2 Å².